The van der Waals surface area contributed by atoms with E-state index >= 15 is 0 Å². The highest BCUT2D eigenvalue weighted by molar-refractivity contribution is 7.14. The van der Waals surface area contributed by atoms with Crippen LogP contribution in [0.15, 0.2) is 52.7 Å². The molecule has 0 unspecified atom stereocenters. The van der Waals surface area contributed by atoms with Crippen LogP contribution in [0, 0.1) is 0 Å². The van der Waals surface area contributed by atoms with E-state index in [1.165, 1.54) is 4.88 Å². The van der Waals surface area contributed by atoms with Gasteiger partial charge in [-0.25, -0.2) is 0 Å². The van der Waals surface area contributed by atoms with E-state index in [4.69, 9.17) is 4.42 Å². The van der Waals surface area contributed by atoms with Crippen molar-refractivity contribution in [1.29, 1.82) is 0 Å². The first kappa shape index (κ1) is 13.6. The van der Waals surface area contributed by atoms with Crippen LogP contribution >= 0.6 is 11.3 Å². The third-order valence-electron chi connectivity index (χ3n) is 2.66. The summed E-state index contributed by atoms with van der Waals surface area (Å²) in [6.07, 6.45) is 7.93. The summed E-state index contributed by atoms with van der Waals surface area (Å²) in [5, 5.41) is 0. The van der Waals surface area contributed by atoms with Gasteiger partial charge in [0.25, 0.3) is 0 Å². The minimum atomic E-state index is 0.0527. The number of carbonyl (C=O) groups is 1. The van der Waals surface area contributed by atoms with Crippen molar-refractivity contribution in [3.05, 3.63) is 63.8 Å². The van der Waals surface area contributed by atoms with Crippen molar-refractivity contribution in [2.75, 3.05) is 0 Å². The third-order valence-corrected chi connectivity index (χ3v) is 3.91. The second kappa shape index (κ2) is 6.34. The van der Waals surface area contributed by atoms with Gasteiger partial charge in [-0.05, 0) is 55.3 Å². The summed E-state index contributed by atoms with van der Waals surface area (Å²) in [5.41, 5.74) is 0.982. The Morgan fingerprint density at radius 1 is 1.32 bits per heavy atom. The molecule has 0 aromatic carbocycles. The predicted molar refractivity (Wildman–Crippen MR) is 79.5 cm³/mol. The van der Waals surface area contributed by atoms with E-state index in [0.29, 0.717) is 0 Å². The molecule has 0 atom stereocenters. The lowest BCUT2D eigenvalue weighted by molar-refractivity contribution is 0.105. The van der Waals surface area contributed by atoms with Crippen LogP contribution in [-0.4, -0.2) is 5.78 Å². The molecule has 0 N–H and O–H groups in total. The Labute approximate surface area is 117 Å². The third kappa shape index (κ3) is 3.80. The molecule has 0 saturated heterocycles. The molecule has 0 fully saturated rings. The van der Waals surface area contributed by atoms with E-state index in [0.717, 1.165) is 22.6 Å². The summed E-state index contributed by atoms with van der Waals surface area (Å²) in [6.45, 7) is 4.03. The number of allylic oxidation sites excluding steroid dienone is 3. The lowest BCUT2D eigenvalue weighted by Crippen LogP contribution is -1.88. The van der Waals surface area contributed by atoms with Crippen molar-refractivity contribution in [2.45, 2.75) is 20.3 Å². The number of thiophene rings is 1. The molecule has 2 rings (SSSR count). The van der Waals surface area contributed by atoms with E-state index in [1.54, 1.807) is 23.7 Å². The molecule has 2 aromatic rings. The zero-order valence-corrected chi connectivity index (χ0v) is 11.9. The monoisotopic (exact) mass is 272 g/mol. The van der Waals surface area contributed by atoms with E-state index in [-0.39, 0.29) is 5.78 Å². The molecule has 2 aromatic heterocycles. The molecule has 0 spiro atoms. The first-order valence-electron chi connectivity index (χ1n) is 6.22. The molecule has 0 saturated carbocycles. The number of furan rings is 1. The molecule has 0 aliphatic heterocycles. The minimum absolute atomic E-state index is 0.0527. The molecule has 0 bridgehead atoms. The van der Waals surface area contributed by atoms with Crippen molar-refractivity contribution in [3.63, 3.8) is 0 Å². The maximum atomic E-state index is 12.0. The van der Waals surface area contributed by atoms with Crippen molar-refractivity contribution in [1.82, 2.24) is 0 Å². The van der Waals surface area contributed by atoms with Gasteiger partial charge in [0.1, 0.15) is 5.76 Å². The number of ketones is 1. The van der Waals surface area contributed by atoms with Gasteiger partial charge in [0, 0.05) is 4.88 Å². The molecule has 2 heterocycles. The molecule has 2 nitrogen and oxygen atoms in total. The van der Waals surface area contributed by atoms with Gasteiger partial charge in [-0.1, -0.05) is 13.0 Å². The summed E-state index contributed by atoms with van der Waals surface area (Å²) >= 11 is 1.56. The lowest BCUT2D eigenvalue weighted by atomic mass is 10.2. The quantitative estimate of drug-likeness (QED) is 0.447. The van der Waals surface area contributed by atoms with Crippen LogP contribution in [0.1, 0.15) is 34.2 Å². The summed E-state index contributed by atoms with van der Waals surface area (Å²) in [6, 6.07) is 7.62. The van der Waals surface area contributed by atoms with Crippen LogP contribution in [0.2, 0.25) is 0 Å². The fraction of sp³-hybridized carbons (Fsp3) is 0.188. The highest BCUT2D eigenvalue weighted by Crippen LogP contribution is 2.18. The summed E-state index contributed by atoms with van der Waals surface area (Å²) in [4.78, 5) is 14.0. The average Bonchev–Trinajstić information content (AvgIpc) is 3.06. The SMILES string of the molecule is CCc1ccc(C(=O)/C=C/C(C)=C/c2ccco2)s1. The molecule has 0 radical (unpaired) electrons. The van der Waals surface area contributed by atoms with Gasteiger partial charge < -0.3 is 4.42 Å². The predicted octanol–water partition coefficient (Wildman–Crippen LogP) is 4.75. The molecule has 19 heavy (non-hydrogen) atoms. The Bertz CT molecular complexity index is 600. The molecule has 0 aliphatic rings. The Balaban J connectivity index is 2.04. The standard InChI is InChI=1S/C16H16O2S/c1-3-14-7-9-16(19-14)15(17)8-6-12(2)11-13-5-4-10-18-13/h4-11H,3H2,1-2H3/b8-6+,12-11+. The van der Waals surface area contributed by atoms with Gasteiger partial charge in [0.15, 0.2) is 5.78 Å². The first-order valence-corrected chi connectivity index (χ1v) is 7.03. The maximum absolute atomic E-state index is 12.0. The normalized spacial score (nSPS) is 12.2. The highest BCUT2D eigenvalue weighted by Gasteiger charge is 2.04. The van der Waals surface area contributed by atoms with Crippen molar-refractivity contribution in [3.8, 4) is 0 Å². The number of carbonyl (C=O) groups excluding carboxylic acids is 1. The van der Waals surface area contributed by atoms with Gasteiger partial charge in [0.2, 0.25) is 0 Å². The number of hydrogen-bond donors (Lipinski definition) is 0. The molecular formula is C16H16O2S. The molecule has 0 amide bonds. The van der Waals surface area contributed by atoms with Gasteiger partial charge >= 0.3 is 0 Å². The number of aryl methyl sites for hydroxylation is 1. The number of hydrogen-bond acceptors (Lipinski definition) is 3. The fourth-order valence-corrected chi connectivity index (χ4v) is 2.50. The van der Waals surface area contributed by atoms with Gasteiger partial charge in [-0.3, -0.25) is 4.79 Å². The summed E-state index contributed by atoms with van der Waals surface area (Å²) in [5.74, 6) is 0.843. The van der Waals surface area contributed by atoms with Gasteiger partial charge in [-0.15, -0.1) is 11.3 Å². The van der Waals surface area contributed by atoms with Crippen LogP contribution in [0.3, 0.4) is 0 Å². The maximum Gasteiger partial charge on any atom is 0.195 e. The smallest absolute Gasteiger partial charge is 0.195 e. The van der Waals surface area contributed by atoms with Crippen molar-refractivity contribution in [2.24, 2.45) is 0 Å². The van der Waals surface area contributed by atoms with E-state index in [9.17, 15) is 4.79 Å². The van der Waals surface area contributed by atoms with Crippen molar-refractivity contribution >= 4 is 23.2 Å². The van der Waals surface area contributed by atoms with E-state index < -0.39 is 0 Å². The average molecular weight is 272 g/mol. The topological polar surface area (TPSA) is 30.2 Å². The van der Waals surface area contributed by atoms with E-state index in [1.807, 2.05) is 43.3 Å². The summed E-state index contributed by atoms with van der Waals surface area (Å²) < 4.78 is 5.22. The second-order valence-electron chi connectivity index (χ2n) is 4.22. The minimum Gasteiger partial charge on any atom is -0.465 e. The lowest BCUT2D eigenvalue weighted by Gasteiger charge is -1.91. The van der Waals surface area contributed by atoms with Crippen LogP contribution in [0.5, 0.6) is 0 Å². The molecule has 98 valence electrons. The highest BCUT2D eigenvalue weighted by atomic mass is 32.1. The second-order valence-corrected chi connectivity index (χ2v) is 5.39. The fourth-order valence-electron chi connectivity index (χ4n) is 1.64. The Kier molecular flexibility index (Phi) is 4.53. The zero-order chi connectivity index (χ0) is 13.7. The Hall–Kier alpha value is -1.87. The molecule has 3 heteroatoms. The van der Waals surface area contributed by atoms with E-state index in [2.05, 4.69) is 6.92 Å². The number of rotatable bonds is 5. The molecule has 0 aliphatic carbocycles. The van der Waals surface area contributed by atoms with Crippen LogP contribution in [0.25, 0.3) is 6.08 Å². The molecular weight excluding hydrogens is 256 g/mol. The summed E-state index contributed by atoms with van der Waals surface area (Å²) in [7, 11) is 0. The van der Waals surface area contributed by atoms with Gasteiger partial charge in [-0.2, -0.15) is 0 Å². The Morgan fingerprint density at radius 3 is 2.79 bits per heavy atom. The first-order chi connectivity index (χ1) is 9.19. The Morgan fingerprint density at radius 2 is 2.16 bits per heavy atom. The van der Waals surface area contributed by atoms with Crippen LogP contribution in [-0.2, 0) is 6.42 Å². The van der Waals surface area contributed by atoms with Crippen molar-refractivity contribution < 1.29 is 9.21 Å². The zero-order valence-electron chi connectivity index (χ0n) is 11.1. The van der Waals surface area contributed by atoms with Crippen LogP contribution in [0.4, 0.5) is 0 Å². The largest absolute Gasteiger partial charge is 0.465 e. The van der Waals surface area contributed by atoms with Gasteiger partial charge in [0.05, 0.1) is 11.1 Å². The van der Waals surface area contributed by atoms with Crippen LogP contribution < -0.4 is 0 Å².